The minimum absolute atomic E-state index is 0.0310. The number of amides is 1. The Labute approximate surface area is 144 Å². The van der Waals surface area contributed by atoms with E-state index >= 15 is 0 Å². The zero-order chi connectivity index (χ0) is 17.8. The van der Waals surface area contributed by atoms with Crippen LogP contribution in [0.4, 0.5) is 4.39 Å². The van der Waals surface area contributed by atoms with Crippen molar-refractivity contribution in [2.45, 2.75) is 6.54 Å². The van der Waals surface area contributed by atoms with Gasteiger partial charge in [0.05, 0.1) is 13.7 Å². The molecule has 0 aliphatic heterocycles. The Morgan fingerprint density at radius 1 is 1.24 bits per heavy atom. The van der Waals surface area contributed by atoms with Crippen LogP contribution >= 0.6 is 0 Å². The van der Waals surface area contributed by atoms with Gasteiger partial charge >= 0.3 is 0 Å². The van der Waals surface area contributed by atoms with Crippen molar-refractivity contribution in [2.75, 3.05) is 20.3 Å². The van der Waals surface area contributed by atoms with Gasteiger partial charge in [0, 0.05) is 24.0 Å². The number of hydrogen-bond donors (Lipinski definition) is 1. The number of furan rings is 1. The van der Waals surface area contributed by atoms with Gasteiger partial charge in [0.15, 0.2) is 17.2 Å². The molecule has 1 aromatic heterocycles. The van der Waals surface area contributed by atoms with Crippen LogP contribution < -0.4 is 4.74 Å². The summed E-state index contributed by atoms with van der Waals surface area (Å²) in [5, 5.41) is 9.82. The first kappa shape index (κ1) is 17.0. The summed E-state index contributed by atoms with van der Waals surface area (Å²) in [5.74, 6) is -0.261. The Kier molecular flexibility index (Phi) is 5.00. The molecule has 0 aliphatic rings. The number of ether oxygens (including phenoxy) is 1. The Balaban J connectivity index is 1.91. The third-order valence-corrected chi connectivity index (χ3v) is 3.92. The van der Waals surface area contributed by atoms with Crippen molar-refractivity contribution in [3.8, 4) is 5.75 Å². The van der Waals surface area contributed by atoms with Crippen molar-refractivity contribution in [2.24, 2.45) is 0 Å². The van der Waals surface area contributed by atoms with E-state index in [1.165, 1.54) is 17.0 Å². The smallest absolute Gasteiger partial charge is 0.289 e. The fourth-order valence-corrected chi connectivity index (χ4v) is 2.70. The predicted molar refractivity (Wildman–Crippen MR) is 91.0 cm³/mol. The van der Waals surface area contributed by atoms with Crippen molar-refractivity contribution in [1.29, 1.82) is 0 Å². The molecule has 0 radical (unpaired) electrons. The number of methoxy groups -OCH3 is 1. The lowest BCUT2D eigenvalue weighted by Crippen LogP contribution is -2.33. The van der Waals surface area contributed by atoms with Crippen molar-refractivity contribution < 1.29 is 23.4 Å². The topological polar surface area (TPSA) is 62.9 Å². The van der Waals surface area contributed by atoms with Gasteiger partial charge in [-0.25, -0.2) is 4.39 Å². The summed E-state index contributed by atoms with van der Waals surface area (Å²) in [7, 11) is 1.55. The molecule has 1 N–H and O–H groups in total. The molecule has 0 saturated heterocycles. The highest BCUT2D eigenvalue weighted by atomic mass is 19.1. The van der Waals surface area contributed by atoms with Gasteiger partial charge in [0.25, 0.3) is 5.91 Å². The van der Waals surface area contributed by atoms with Crippen LogP contribution in [0.25, 0.3) is 11.0 Å². The standard InChI is InChI=1S/C19H18FNO4/c1-24-16-8-3-2-5-14(16)12-21(9-10-22)19(23)17-11-13-6-4-7-15(20)18(13)25-17/h2-8,11,22H,9-10,12H2,1H3. The SMILES string of the molecule is COc1ccccc1CN(CCO)C(=O)c1cc2cccc(F)c2o1. The number of aliphatic hydroxyl groups excluding tert-OH is 1. The number of aliphatic hydroxyl groups is 1. The van der Waals surface area contributed by atoms with Crippen molar-refractivity contribution in [3.05, 3.63) is 65.7 Å². The second-order valence-electron chi connectivity index (χ2n) is 5.53. The van der Waals surface area contributed by atoms with Crippen LogP contribution in [0.1, 0.15) is 16.1 Å². The van der Waals surface area contributed by atoms with E-state index in [4.69, 9.17) is 9.15 Å². The number of benzene rings is 2. The highest BCUT2D eigenvalue weighted by Gasteiger charge is 2.21. The molecule has 130 valence electrons. The number of halogens is 1. The molecule has 1 amide bonds. The maximum Gasteiger partial charge on any atom is 0.289 e. The summed E-state index contributed by atoms with van der Waals surface area (Å²) in [6.07, 6.45) is 0. The highest BCUT2D eigenvalue weighted by Crippen LogP contribution is 2.25. The Bertz CT molecular complexity index is 890. The number of fused-ring (bicyclic) bond motifs is 1. The minimum Gasteiger partial charge on any atom is -0.496 e. The van der Waals surface area contributed by atoms with E-state index in [9.17, 15) is 14.3 Å². The van der Waals surface area contributed by atoms with Crippen LogP contribution in [-0.4, -0.2) is 36.2 Å². The molecule has 0 aliphatic carbocycles. The normalized spacial score (nSPS) is 10.8. The number of para-hydroxylation sites is 2. The quantitative estimate of drug-likeness (QED) is 0.746. The highest BCUT2D eigenvalue weighted by molar-refractivity contribution is 5.96. The molecule has 25 heavy (non-hydrogen) atoms. The molecule has 0 fully saturated rings. The molecule has 1 heterocycles. The first-order chi connectivity index (χ1) is 12.1. The minimum atomic E-state index is -0.519. The van der Waals surface area contributed by atoms with Gasteiger partial charge in [-0.3, -0.25) is 4.79 Å². The Hall–Kier alpha value is -2.86. The van der Waals surface area contributed by atoms with E-state index in [2.05, 4.69) is 0 Å². The molecule has 2 aromatic carbocycles. The summed E-state index contributed by atoms with van der Waals surface area (Å²) >= 11 is 0. The van der Waals surface area contributed by atoms with Crippen molar-refractivity contribution >= 4 is 16.9 Å². The fraction of sp³-hybridized carbons (Fsp3) is 0.211. The van der Waals surface area contributed by atoms with Crippen LogP contribution in [0.3, 0.4) is 0 Å². The summed E-state index contributed by atoms with van der Waals surface area (Å²) in [6, 6.07) is 13.3. The average molecular weight is 343 g/mol. The molecule has 6 heteroatoms. The fourth-order valence-electron chi connectivity index (χ4n) is 2.70. The van der Waals surface area contributed by atoms with Gasteiger partial charge in [-0.2, -0.15) is 0 Å². The lowest BCUT2D eigenvalue weighted by Gasteiger charge is -2.21. The van der Waals surface area contributed by atoms with Crippen molar-refractivity contribution in [3.63, 3.8) is 0 Å². The molecule has 3 aromatic rings. The molecular formula is C19H18FNO4. The van der Waals surface area contributed by atoms with E-state index in [1.807, 2.05) is 18.2 Å². The zero-order valence-corrected chi connectivity index (χ0v) is 13.7. The number of carbonyl (C=O) groups excluding carboxylic acids is 1. The molecule has 5 nitrogen and oxygen atoms in total. The number of nitrogens with zero attached hydrogens (tertiary/aromatic N) is 1. The Morgan fingerprint density at radius 2 is 2.04 bits per heavy atom. The second-order valence-corrected chi connectivity index (χ2v) is 5.53. The summed E-state index contributed by atoms with van der Waals surface area (Å²) in [4.78, 5) is 14.2. The molecule has 0 saturated carbocycles. The number of rotatable bonds is 6. The maximum absolute atomic E-state index is 13.8. The lowest BCUT2D eigenvalue weighted by molar-refractivity contribution is 0.0677. The van der Waals surface area contributed by atoms with E-state index in [0.717, 1.165) is 5.56 Å². The molecule has 0 unspecified atom stereocenters. The lowest BCUT2D eigenvalue weighted by atomic mass is 10.1. The first-order valence-electron chi connectivity index (χ1n) is 7.84. The number of carbonyl (C=O) groups is 1. The molecular weight excluding hydrogens is 325 g/mol. The molecule has 0 bridgehead atoms. The zero-order valence-electron chi connectivity index (χ0n) is 13.7. The molecule has 0 spiro atoms. The van der Waals surface area contributed by atoms with Gasteiger partial charge < -0.3 is 19.2 Å². The summed E-state index contributed by atoms with van der Waals surface area (Å²) < 4.78 is 24.5. The monoisotopic (exact) mass is 343 g/mol. The molecule has 0 atom stereocenters. The van der Waals surface area contributed by atoms with Crippen LogP contribution in [0, 0.1) is 5.82 Å². The van der Waals surface area contributed by atoms with E-state index in [-0.39, 0.29) is 31.0 Å². The van der Waals surface area contributed by atoms with Crippen LogP contribution in [-0.2, 0) is 6.54 Å². The summed E-state index contributed by atoms with van der Waals surface area (Å²) in [6.45, 7) is 0.162. The summed E-state index contributed by atoms with van der Waals surface area (Å²) in [5.41, 5.74) is 0.848. The first-order valence-corrected chi connectivity index (χ1v) is 7.84. The van der Waals surface area contributed by atoms with Gasteiger partial charge in [0.2, 0.25) is 0 Å². The van der Waals surface area contributed by atoms with E-state index in [0.29, 0.717) is 11.1 Å². The van der Waals surface area contributed by atoms with Gasteiger partial charge in [-0.15, -0.1) is 0 Å². The van der Waals surface area contributed by atoms with E-state index < -0.39 is 11.7 Å². The van der Waals surface area contributed by atoms with Crippen molar-refractivity contribution in [1.82, 2.24) is 4.90 Å². The third-order valence-electron chi connectivity index (χ3n) is 3.92. The molecule has 3 rings (SSSR count). The number of hydrogen-bond acceptors (Lipinski definition) is 4. The predicted octanol–water partition coefficient (Wildman–Crippen LogP) is 3.22. The second kappa shape index (κ2) is 7.36. The van der Waals surface area contributed by atoms with Crippen LogP contribution in [0.2, 0.25) is 0 Å². The van der Waals surface area contributed by atoms with Crippen LogP contribution in [0.5, 0.6) is 5.75 Å². The van der Waals surface area contributed by atoms with Gasteiger partial charge in [-0.1, -0.05) is 30.3 Å². The third kappa shape index (κ3) is 3.49. The Morgan fingerprint density at radius 3 is 2.76 bits per heavy atom. The van der Waals surface area contributed by atoms with Gasteiger partial charge in [-0.05, 0) is 18.2 Å². The average Bonchev–Trinajstić information content (AvgIpc) is 3.07. The van der Waals surface area contributed by atoms with Gasteiger partial charge in [0.1, 0.15) is 5.75 Å². The largest absolute Gasteiger partial charge is 0.496 e. The van der Waals surface area contributed by atoms with E-state index in [1.54, 1.807) is 25.3 Å². The maximum atomic E-state index is 13.8. The van der Waals surface area contributed by atoms with Crippen LogP contribution in [0.15, 0.2) is 52.9 Å².